The first-order valence-corrected chi connectivity index (χ1v) is 6.79. The number of amides is 2. The zero-order valence-corrected chi connectivity index (χ0v) is 12.3. The Hall–Kier alpha value is -1.71. The molecule has 19 heavy (non-hydrogen) atoms. The Morgan fingerprint density at radius 3 is 2.68 bits per heavy atom. The second-order valence-electron chi connectivity index (χ2n) is 4.61. The lowest BCUT2D eigenvalue weighted by Crippen LogP contribution is -2.36. The first-order valence-electron chi connectivity index (χ1n) is 6.79. The van der Waals surface area contributed by atoms with Crippen LogP contribution in [0.4, 0.5) is 4.79 Å². The third-order valence-corrected chi connectivity index (χ3v) is 3.04. The summed E-state index contributed by atoms with van der Waals surface area (Å²) in [4.78, 5) is 13.3. The van der Waals surface area contributed by atoms with Crippen LogP contribution in [0.15, 0.2) is 18.2 Å². The normalized spacial score (nSPS) is 10.1. The number of hydrogen-bond acceptors (Lipinski definition) is 2. The van der Waals surface area contributed by atoms with E-state index in [0.717, 1.165) is 29.9 Å². The van der Waals surface area contributed by atoms with E-state index >= 15 is 0 Å². The van der Waals surface area contributed by atoms with Crippen LogP contribution in [0.25, 0.3) is 0 Å². The highest BCUT2D eigenvalue weighted by Gasteiger charge is 2.07. The van der Waals surface area contributed by atoms with E-state index in [1.165, 1.54) is 0 Å². The van der Waals surface area contributed by atoms with Crippen LogP contribution in [0.2, 0.25) is 0 Å². The molecular weight excluding hydrogens is 240 g/mol. The lowest BCUT2D eigenvalue weighted by atomic mass is 10.1. The molecule has 0 aliphatic rings. The predicted molar refractivity (Wildman–Crippen MR) is 77.5 cm³/mol. The average molecular weight is 264 g/mol. The van der Waals surface area contributed by atoms with E-state index in [-0.39, 0.29) is 6.03 Å². The minimum atomic E-state index is -0.0480. The van der Waals surface area contributed by atoms with Crippen molar-refractivity contribution in [1.29, 1.82) is 0 Å². The minimum absolute atomic E-state index is 0.0480. The topological polar surface area (TPSA) is 41.6 Å². The molecule has 2 amide bonds. The molecule has 106 valence electrons. The molecule has 1 rings (SSSR count). The number of benzene rings is 1. The van der Waals surface area contributed by atoms with Crippen LogP contribution in [0.3, 0.4) is 0 Å². The van der Waals surface area contributed by atoms with Crippen LogP contribution in [-0.4, -0.2) is 31.1 Å². The van der Waals surface area contributed by atoms with Gasteiger partial charge in [-0.2, -0.15) is 0 Å². The number of hydrogen-bond donors (Lipinski definition) is 1. The molecule has 0 heterocycles. The third-order valence-electron chi connectivity index (χ3n) is 3.04. The van der Waals surface area contributed by atoms with Crippen LogP contribution in [0.1, 0.15) is 31.4 Å². The molecule has 1 aromatic carbocycles. The summed E-state index contributed by atoms with van der Waals surface area (Å²) < 4.78 is 5.58. The van der Waals surface area contributed by atoms with Crippen molar-refractivity contribution in [1.82, 2.24) is 10.2 Å². The second kappa shape index (κ2) is 7.67. The summed E-state index contributed by atoms with van der Waals surface area (Å²) in [6.45, 7) is 8.05. The number of urea groups is 1. The van der Waals surface area contributed by atoms with Gasteiger partial charge in [0, 0.05) is 20.1 Å². The van der Waals surface area contributed by atoms with Crippen molar-refractivity contribution in [2.75, 3.05) is 20.2 Å². The fourth-order valence-corrected chi connectivity index (χ4v) is 1.63. The maximum atomic E-state index is 11.7. The molecule has 4 heteroatoms. The summed E-state index contributed by atoms with van der Waals surface area (Å²) in [5.74, 6) is 0.889. The van der Waals surface area contributed by atoms with Gasteiger partial charge in [0.25, 0.3) is 0 Å². The number of aryl methyl sites for hydroxylation is 1. The van der Waals surface area contributed by atoms with Gasteiger partial charge < -0.3 is 15.0 Å². The van der Waals surface area contributed by atoms with Crippen molar-refractivity contribution in [3.05, 3.63) is 29.3 Å². The molecule has 0 atom stereocenters. The van der Waals surface area contributed by atoms with Crippen molar-refractivity contribution in [2.45, 2.75) is 33.7 Å². The minimum Gasteiger partial charge on any atom is -0.494 e. The molecule has 0 fully saturated rings. The number of nitrogens with zero attached hydrogens (tertiary/aromatic N) is 1. The van der Waals surface area contributed by atoms with Gasteiger partial charge in [0.05, 0.1) is 6.61 Å². The average Bonchev–Trinajstić information content (AvgIpc) is 2.42. The molecule has 0 bridgehead atoms. The summed E-state index contributed by atoms with van der Waals surface area (Å²) in [6.07, 6.45) is 1.00. The highest BCUT2D eigenvalue weighted by Crippen LogP contribution is 2.17. The molecule has 0 aliphatic carbocycles. The third kappa shape index (κ3) is 4.81. The highest BCUT2D eigenvalue weighted by molar-refractivity contribution is 5.73. The number of carbonyl (C=O) groups is 1. The molecule has 0 saturated carbocycles. The van der Waals surface area contributed by atoms with Gasteiger partial charge in [0.15, 0.2) is 0 Å². The van der Waals surface area contributed by atoms with Crippen molar-refractivity contribution < 1.29 is 9.53 Å². The van der Waals surface area contributed by atoms with Crippen molar-refractivity contribution in [3.63, 3.8) is 0 Å². The summed E-state index contributed by atoms with van der Waals surface area (Å²) in [5.41, 5.74) is 2.25. The molecule has 1 N–H and O–H groups in total. The Bertz CT molecular complexity index is 419. The number of nitrogens with one attached hydrogen (secondary N) is 1. The Morgan fingerprint density at radius 2 is 2.11 bits per heavy atom. The lowest BCUT2D eigenvalue weighted by molar-refractivity contribution is 0.210. The maximum absolute atomic E-state index is 11.7. The quantitative estimate of drug-likeness (QED) is 0.858. The van der Waals surface area contributed by atoms with Crippen LogP contribution < -0.4 is 10.1 Å². The van der Waals surface area contributed by atoms with Gasteiger partial charge in [-0.25, -0.2) is 4.79 Å². The highest BCUT2D eigenvalue weighted by atomic mass is 16.5. The number of carbonyl (C=O) groups excluding carboxylic acids is 1. The van der Waals surface area contributed by atoms with Gasteiger partial charge in [-0.1, -0.05) is 13.0 Å². The fraction of sp³-hybridized carbons (Fsp3) is 0.533. The van der Waals surface area contributed by atoms with Gasteiger partial charge in [-0.15, -0.1) is 0 Å². The fourth-order valence-electron chi connectivity index (χ4n) is 1.63. The lowest BCUT2D eigenvalue weighted by Gasteiger charge is -2.16. The molecule has 0 aromatic heterocycles. The summed E-state index contributed by atoms with van der Waals surface area (Å²) in [5, 5.41) is 2.90. The van der Waals surface area contributed by atoms with Gasteiger partial charge in [-0.3, -0.25) is 0 Å². The van der Waals surface area contributed by atoms with Crippen LogP contribution >= 0.6 is 0 Å². The predicted octanol–water partition coefficient (Wildman–Crippen LogP) is 2.95. The van der Waals surface area contributed by atoms with E-state index in [4.69, 9.17) is 4.74 Å². The summed E-state index contributed by atoms with van der Waals surface area (Å²) in [6, 6.07) is 5.93. The maximum Gasteiger partial charge on any atom is 0.317 e. The van der Waals surface area contributed by atoms with Gasteiger partial charge in [0.2, 0.25) is 0 Å². The Balaban J connectivity index is 2.57. The first kappa shape index (κ1) is 15.3. The Morgan fingerprint density at radius 1 is 1.37 bits per heavy atom. The zero-order chi connectivity index (χ0) is 14.3. The summed E-state index contributed by atoms with van der Waals surface area (Å²) in [7, 11) is 1.78. The van der Waals surface area contributed by atoms with E-state index in [9.17, 15) is 4.79 Å². The Kier molecular flexibility index (Phi) is 6.19. The smallest absolute Gasteiger partial charge is 0.317 e. The summed E-state index contributed by atoms with van der Waals surface area (Å²) >= 11 is 0. The number of ether oxygens (including phenoxy) is 1. The van der Waals surface area contributed by atoms with Crippen molar-refractivity contribution in [3.8, 4) is 5.75 Å². The van der Waals surface area contributed by atoms with Crippen molar-refractivity contribution in [2.24, 2.45) is 0 Å². The zero-order valence-electron chi connectivity index (χ0n) is 12.3. The molecule has 0 saturated heterocycles. The van der Waals surface area contributed by atoms with Crippen molar-refractivity contribution >= 4 is 6.03 Å². The van der Waals surface area contributed by atoms with Gasteiger partial charge in [0.1, 0.15) is 5.75 Å². The van der Waals surface area contributed by atoms with Crippen LogP contribution in [0.5, 0.6) is 5.75 Å². The first-order chi connectivity index (χ1) is 9.08. The molecule has 0 unspecified atom stereocenters. The standard InChI is InChI=1S/C15H24N2O2/c1-5-9-19-14-8-7-13(12(3)10-14)11-16-15(18)17(4)6-2/h7-8,10H,5-6,9,11H2,1-4H3,(H,16,18). The largest absolute Gasteiger partial charge is 0.494 e. The van der Waals surface area contributed by atoms with Crippen LogP contribution in [-0.2, 0) is 6.54 Å². The van der Waals surface area contributed by atoms with E-state index < -0.39 is 0 Å². The molecule has 4 nitrogen and oxygen atoms in total. The number of rotatable bonds is 6. The molecule has 0 spiro atoms. The Labute approximate surface area is 115 Å². The molecule has 0 radical (unpaired) electrons. The van der Waals surface area contributed by atoms with Crippen LogP contribution in [0, 0.1) is 6.92 Å². The SMILES string of the molecule is CCCOc1ccc(CNC(=O)N(C)CC)c(C)c1. The van der Waals surface area contributed by atoms with E-state index in [0.29, 0.717) is 13.1 Å². The monoisotopic (exact) mass is 264 g/mol. The molecular formula is C15H24N2O2. The molecule has 1 aromatic rings. The van der Waals surface area contributed by atoms with Gasteiger partial charge in [-0.05, 0) is 43.5 Å². The second-order valence-corrected chi connectivity index (χ2v) is 4.61. The molecule has 0 aliphatic heterocycles. The van der Waals surface area contributed by atoms with E-state index in [1.807, 2.05) is 32.0 Å². The van der Waals surface area contributed by atoms with Gasteiger partial charge >= 0.3 is 6.03 Å². The van der Waals surface area contributed by atoms with E-state index in [2.05, 4.69) is 12.2 Å². The van der Waals surface area contributed by atoms with E-state index in [1.54, 1.807) is 11.9 Å².